The van der Waals surface area contributed by atoms with Crippen molar-refractivity contribution in [3.63, 3.8) is 0 Å². The molecule has 4 rings (SSSR count). The quantitative estimate of drug-likeness (QED) is 0.312. The molecular weight excluding hydrogens is 517 g/mol. The molecule has 0 radical (unpaired) electrons. The van der Waals surface area contributed by atoms with Crippen LogP contribution in [0, 0.1) is 17.0 Å². The van der Waals surface area contributed by atoms with Gasteiger partial charge in [-0.1, -0.05) is 15.9 Å². The number of nitrogens with zero attached hydrogens (tertiary/aromatic N) is 3. The number of ether oxygens (including phenoxy) is 1. The number of amides is 1. The maximum Gasteiger partial charge on any atom is 0.495 e. The molecule has 2 aromatic rings. The molecule has 1 aromatic carbocycles. The Morgan fingerprint density at radius 1 is 1.20 bits per heavy atom. The number of pyridine rings is 1. The van der Waals surface area contributed by atoms with Crippen LogP contribution in [0.5, 0.6) is 5.75 Å². The number of hydrogen-bond acceptors (Lipinski definition) is 7. The van der Waals surface area contributed by atoms with Crippen molar-refractivity contribution >= 4 is 40.1 Å². The van der Waals surface area contributed by atoms with Gasteiger partial charge in [0.25, 0.3) is 5.91 Å². The largest absolute Gasteiger partial charge is 0.495 e. The van der Waals surface area contributed by atoms with E-state index in [1.165, 1.54) is 11.0 Å². The van der Waals surface area contributed by atoms with Crippen LogP contribution in [-0.2, 0) is 9.31 Å². The molecule has 0 spiro atoms. The Bertz CT molecular complexity index is 1100. The molecule has 188 valence electrons. The van der Waals surface area contributed by atoms with Gasteiger partial charge in [-0.05, 0) is 76.7 Å². The summed E-state index contributed by atoms with van der Waals surface area (Å²) in [6.07, 6.45) is 3.57. The second-order valence-electron chi connectivity index (χ2n) is 9.90. The molecule has 0 N–H and O–H groups in total. The maximum absolute atomic E-state index is 11.3. The van der Waals surface area contributed by atoms with Crippen LogP contribution < -0.4 is 10.2 Å². The molecule has 1 amide bonds. The zero-order valence-corrected chi connectivity index (χ0v) is 22.7. The average molecular weight is 548 g/mol. The summed E-state index contributed by atoms with van der Waals surface area (Å²) in [7, 11) is 2.85. The molecule has 0 unspecified atom stereocenters. The molecule has 11 heteroatoms. The van der Waals surface area contributed by atoms with Gasteiger partial charge in [0.15, 0.2) is 5.75 Å². The SMILES string of the molecule is CN(C)C(=O)c1cc(Br)ccn1.Cc1cc([N+](=O)[O-])c(OC2CC2)cc1B1OC(C)(C)C(C)(C)O1. The molecule has 0 atom stereocenters. The van der Waals surface area contributed by atoms with E-state index in [0.29, 0.717) is 11.4 Å². The topological polar surface area (TPSA) is 104 Å². The van der Waals surface area contributed by atoms with E-state index >= 15 is 0 Å². The first-order chi connectivity index (χ1) is 16.2. The van der Waals surface area contributed by atoms with Crippen LogP contribution in [0.4, 0.5) is 5.69 Å². The van der Waals surface area contributed by atoms with Gasteiger partial charge in [0, 0.05) is 30.8 Å². The number of hydrogen-bond donors (Lipinski definition) is 0. The third-order valence-corrected chi connectivity index (χ3v) is 6.71. The van der Waals surface area contributed by atoms with Crippen molar-refractivity contribution in [3.8, 4) is 5.75 Å². The first-order valence-corrected chi connectivity index (χ1v) is 12.2. The maximum atomic E-state index is 11.3. The molecule has 2 fully saturated rings. The number of nitro groups is 1. The van der Waals surface area contributed by atoms with Crippen molar-refractivity contribution in [2.45, 2.75) is 64.8 Å². The van der Waals surface area contributed by atoms with E-state index in [1.807, 2.05) is 34.6 Å². The van der Waals surface area contributed by atoms with Gasteiger partial charge >= 0.3 is 12.8 Å². The number of rotatable bonds is 5. The molecule has 1 aliphatic heterocycles. The van der Waals surface area contributed by atoms with E-state index in [1.54, 1.807) is 38.5 Å². The van der Waals surface area contributed by atoms with Crippen LogP contribution in [0.1, 0.15) is 56.6 Å². The van der Waals surface area contributed by atoms with Crippen molar-refractivity contribution < 1.29 is 23.8 Å². The fraction of sp³-hybridized carbons (Fsp3) is 0.500. The Hall–Kier alpha value is -2.50. The molecule has 9 nitrogen and oxygen atoms in total. The van der Waals surface area contributed by atoms with E-state index in [4.69, 9.17) is 14.0 Å². The van der Waals surface area contributed by atoms with E-state index in [-0.39, 0.29) is 17.7 Å². The van der Waals surface area contributed by atoms with Crippen LogP contribution in [0.2, 0.25) is 0 Å². The van der Waals surface area contributed by atoms with Gasteiger partial charge in [-0.15, -0.1) is 0 Å². The summed E-state index contributed by atoms with van der Waals surface area (Å²) in [5.74, 6) is 0.212. The highest BCUT2D eigenvalue weighted by atomic mass is 79.9. The number of aromatic nitrogens is 1. The summed E-state index contributed by atoms with van der Waals surface area (Å²) in [5, 5.41) is 11.3. The third kappa shape index (κ3) is 6.39. The highest BCUT2D eigenvalue weighted by Gasteiger charge is 2.52. The Kier molecular flexibility index (Phi) is 7.93. The smallest absolute Gasteiger partial charge is 0.484 e. The first kappa shape index (κ1) is 27.1. The van der Waals surface area contributed by atoms with Crippen LogP contribution in [0.15, 0.2) is 34.9 Å². The van der Waals surface area contributed by atoms with Gasteiger partial charge in [0.2, 0.25) is 0 Å². The predicted molar refractivity (Wildman–Crippen MR) is 137 cm³/mol. The summed E-state index contributed by atoms with van der Waals surface area (Å²) in [4.78, 5) is 27.6. The van der Waals surface area contributed by atoms with Gasteiger partial charge in [0.1, 0.15) is 5.69 Å². The normalized spacial score (nSPS) is 17.9. The van der Waals surface area contributed by atoms with Crippen LogP contribution in [0.25, 0.3) is 0 Å². The van der Waals surface area contributed by atoms with Gasteiger partial charge in [0.05, 0.1) is 22.2 Å². The van der Waals surface area contributed by atoms with Crippen LogP contribution >= 0.6 is 15.9 Å². The summed E-state index contributed by atoms with van der Waals surface area (Å²) in [6, 6.07) is 6.72. The second-order valence-corrected chi connectivity index (χ2v) is 10.8. The number of carbonyl (C=O) groups excluding carboxylic acids is 1. The minimum atomic E-state index is -0.553. The average Bonchev–Trinajstić information content (AvgIpc) is 3.53. The molecule has 1 aliphatic carbocycles. The lowest BCUT2D eigenvalue weighted by Crippen LogP contribution is -2.41. The van der Waals surface area contributed by atoms with Gasteiger partial charge in [-0.25, -0.2) is 0 Å². The fourth-order valence-electron chi connectivity index (χ4n) is 3.27. The molecular formula is C24H31BBrN3O6. The van der Waals surface area contributed by atoms with Crippen LogP contribution in [0.3, 0.4) is 0 Å². The molecule has 1 aromatic heterocycles. The van der Waals surface area contributed by atoms with Crippen molar-refractivity contribution in [1.82, 2.24) is 9.88 Å². The Morgan fingerprint density at radius 2 is 1.80 bits per heavy atom. The number of aryl methyl sites for hydroxylation is 1. The highest BCUT2D eigenvalue weighted by Crippen LogP contribution is 2.38. The lowest BCUT2D eigenvalue weighted by molar-refractivity contribution is -0.386. The molecule has 35 heavy (non-hydrogen) atoms. The van der Waals surface area contributed by atoms with E-state index in [2.05, 4.69) is 20.9 Å². The molecule has 2 heterocycles. The predicted octanol–water partition coefficient (Wildman–Crippen LogP) is 4.29. The zero-order chi connectivity index (χ0) is 26.1. The second kappa shape index (κ2) is 10.2. The highest BCUT2D eigenvalue weighted by molar-refractivity contribution is 9.10. The van der Waals surface area contributed by atoms with Crippen molar-refractivity contribution in [1.29, 1.82) is 0 Å². The first-order valence-electron chi connectivity index (χ1n) is 11.4. The molecule has 1 saturated heterocycles. The number of benzene rings is 1. The Morgan fingerprint density at radius 3 is 2.29 bits per heavy atom. The third-order valence-electron chi connectivity index (χ3n) is 6.22. The summed E-state index contributed by atoms with van der Waals surface area (Å²) >= 11 is 3.27. The van der Waals surface area contributed by atoms with E-state index < -0.39 is 23.2 Å². The summed E-state index contributed by atoms with van der Waals surface area (Å²) < 4.78 is 18.7. The summed E-state index contributed by atoms with van der Waals surface area (Å²) in [6.45, 7) is 9.75. The molecule has 2 aliphatic rings. The van der Waals surface area contributed by atoms with Gasteiger partial charge in [-0.2, -0.15) is 0 Å². The van der Waals surface area contributed by atoms with Crippen molar-refractivity contribution in [2.75, 3.05) is 14.1 Å². The summed E-state index contributed by atoms with van der Waals surface area (Å²) in [5.41, 5.74) is 1.08. The van der Waals surface area contributed by atoms with Gasteiger partial charge in [-0.3, -0.25) is 19.9 Å². The minimum absolute atomic E-state index is 0.00494. The van der Waals surface area contributed by atoms with Crippen molar-refractivity contribution in [2.24, 2.45) is 0 Å². The minimum Gasteiger partial charge on any atom is -0.484 e. The number of carbonyl (C=O) groups is 1. The number of nitro benzene ring substituents is 1. The molecule has 0 bridgehead atoms. The lowest BCUT2D eigenvalue weighted by atomic mass is 9.76. The fourth-order valence-corrected chi connectivity index (χ4v) is 3.60. The monoisotopic (exact) mass is 547 g/mol. The van der Waals surface area contributed by atoms with Crippen molar-refractivity contribution in [3.05, 3.63) is 56.3 Å². The molecule has 1 saturated carbocycles. The Labute approximate surface area is 214 Å². The number of halogens is 1. The lowest BCUT2D eigenvalue weighted by Gasteiger charge is -2.32. The van der Waals surface area contributed by atoms with Crippen LogP contribution in [-0.4, -0.2) is 59.2 Å². The standard InChI is InChI=1S/C16H22BNO5.C8H9BrN2O/c1-10-8-13(18(19)20)14(21-11-6-7-11)9-12(10)17-22-15(2,3)16(4,5)23-17;1-11(2)8(12)7-5-6(9)3-4-10-7/h8-9,11H,6-7H2,1-5H3;3-5H,1-2H3. The zero-order valence-electron chi connectivity index (χ0n) is 21.1. The van der Waals surface area contributed by atoms with Gasteiger partial charge < -0.3 is 18.9 Å². The Balaban J connectivity index is 0.000000241. The van der Waals surface area contributed by atoms with E-state index in [9.17, 15) is 14.9 Å². The van der Waals surface area contributed by atoms with E-state index in [0.717, 1.165) is 28.3 Å².